The zero-order valence-electron chi connectivity index (χ0n) is 37.1. The standard InChI is InChI=1S/C50H93NO5/c1-3-5-7-9-11-13-15-16-17-18-21-24-28-32-36-40-44-50(55)56-45-41-37-33-29-25-22-19-20-23-27-31-35-39-43-49(54)51-47(46-52)48(53)42-38-34-30-26-14-12-10-8-6-4-2/h13,15,17-18,38,42,47-48,52-53H,3-12,14,16,19-37,39-41,43-46H2,1-2H3,(H,51,54)/b15-13-,18-17-,42-38+. The number of amides is 1. The molecule has 0 rings (SSSR count). The number of aliphatic hydroxyl groups is 2. The molecule has 0 aromatic rings. The van der Waals surface area contributed by atoms with E-state index in [9.17, 15) is 19.8 Å². The second-order valence-electron chi connectivity index (χ2n) is 16.4. The van der Waals surface area contributed by atoms with E-state index in [-0.39, 0.29) is 18.5 Å². The second kappa shape index (κ2) is 45.8. The van der Waals surface area contributed by atoms with Gasteiger partial charge in [-0.15, -0.1) is 0 Å². The first kappa shape index (κ1) is 54.1. The first-order valence-electron chi connectivity index (χ1n) is 24.3. The largest absolute Gasteiger partial charge is 0.466 e. The van der Waals surface area contributed by atoms with Gasteiger partial charge in [-0.25, -0.2) is 0 Å². The Morgan fingerprint density at radius 3 is 1.38 bits per heavy atom. The van der Waals surface area contributed by atoms with Crippen LogP contribution in [0.2, 0.25) is 0 Å². The van der Waals surface area contributed by atoms with Crippen LogP contribution in [-0.4, -0.2) is 47.4 Å². The molecule has 0 saturated carbocycles. The fourth-order valence-electron chi connectivity index (χ4n) is 7.13. The number of allylic oxidation sites excluding steroid dienone is 5. The number of aliphatic hydroxyl groups excluding tert-OH is 2. The van der Waals surface area contributed by atoms with Crippen molar-refractivity contribution in [1.29, 1.82) is 0 Å². The van der Waals surface area contributed by atoms with Crippen molar-refractivity contribution >= 4 is 11.9 Å². The second-order valence-corrected chi connectivity index (χ2v) is 16.4. The molecule has 0 bridgehead atoms. The molecule has 0 aromatic heterocycles. The van der Waals surface area contributed by atoms with Crippen LogP contribution < -0.4 is 5.32 Å². The van der Waals surface area contributed by atoms with Gasteiger partial charge in [0.25, 0.3) is 0 Å². The molecular formula is C50H93NO5. The summed E-state index contributed by atoms with van der Waals surface area (Å²) in [6.07, 6.45) is 54.2. The number of nitrogens with one attached hydrogen (secondary N) is 1. The first-order valence-corrected chi connectivity index (χ1v) is 24.3. The smallest absolute Gasteiger partial charge is 0.305 e. The van der Waals surface area contributed by atoms with Crippen molar-refractivity contribution in [2.75, 3.05) is 13.2 Å². The Balaban J connectivity index is 3.48. The Labute approximate surface area is 347 Å². The minimum absolute atomic E-state index is 0.0214. The Morgan fingerprint density at radius 1 is 0.500 bits per heavy atom. The highest BCUT2D eigenvalue weighted by Crippen LogP contribution is 2.15. The number of carbonyl (C=O) groups is 2. The van der Waals surface area contributed by atoms with Gasteiger partial charge in [-0.3, -0.25) is 9.59 Å². The average molecular weight is 788 g/mol. The fraction of sp³-hybridized carbons (Fsp3) is 0.840. The summed E-state index contributed by atoms with van der Waals surface area (Å²) < 4.78 is 5.45. The van der Waals surface area contributed by atoms with Gasteiger partial charge >= 0.3 is 5.97 Å². The molecule has 0 aliphatic rings. The number of hydrogen-bond acceptors (Lipinski definition) is 5. The van der Waals surface area contributed by atoms with Crippen LogP contribution in [0.25, 0.3) is 0 Å². The highest BCUT2D eigenvalue weighted by atomic mass is 16.5. The maximum absolute atomic E-state index is 12.4. The molecule has 2 unspecified atom stereocenters. The molecule has 1 amide bonds. The normalized spacial score (nSPS) is 13.0. The van der Waals surface area contributed by atoms with Crippen molar-refractivity contribution in [3.63, 3.8) is 0 Å². The lowest BCUT2D eigenvalue weighted by atomic mass is 10.0. The summed E-state index contributed by atoms with van der Waals surface area (Å²) in [7, 11) is 0. The number of unbranched alkanes of at least 4 members (excludes halogenated alkanes) is 29. The molecule has 0 aliphatic heterocycles. The molecule has 6 nitrogen and oxygen atoms in total. The number of ether oxygens (including phenoxy) is 1. The number of esters is 1. The maximum Gasteiger partial charge on any atom is 0.305 e. The van der Waals surface area contributed by atoms with Gasteiger partial charge in [0.2, 0.25) is 5.91 Å². The third kappa shape index (κ3) is 41.7. The first-order chi connectivity index (χ1) is 27.5. The quantitative estimate of drug-likeness (QED) is 0.0325. The van der Waals surface area contributed by atoms with Gasteiger partial charge in [0.05, 0.1) is 25.4 Å². The summed E-state index contributed by atoms with van der Waals surface area (Å²) in [6.45, 7) is 4.82. The predicted molar refractivity (Wildman–Crippen MR) is 241 cm³/mol. The fourth-order valence-corrected chi connectivity index (χ4v) is 7.13. The van der Waals surface area contributed by atoms with E-state index >= 15 is 0 Å². The average Bonchev–Trinajstić information content (AvgIpc) is 3.20. The summed E-state index contributed by atoms with van der Waals surface area (Å²) in [4.78, 5) is 24.4. The maximum atomic E-state index is 12.4. The third-order valence-corrected chi connectivity index (χ3v) is 10.9. The van der Waals surface area contributed by atoms with Gasteiger partial charge in [0, 0.05) is 12.8 Å². The lowest BCUT2D eigenvalue weighted by molar-refractivity contribution is -0.143. The molecule has 0 spiro atoms. The zero-order valence-corrected chi connectivity index (χ0v) is 37.1. The van der Waals surface area contributed by atoms with E-state index in [1.165, 1.54) is 154 Å². The van der Waals surface area contributed by atoms with E-state index in [1.54, 1.807) is 6.08 Å². The number of carbonyl (C=O) groups excluding carboxylic acids is 2. The van der Waals surface area contributed by atoms with Crippen LogP contribution in [0.15, 0.2) is 36.5 Å². The molecule has 56 heavy (non-hydrogen) atoms. The van der Waals surface area contributed by atoms with E-state index in [4.69, 9.17) is 4.74 Å². The molecule has 0 aromatic carbocycles. The molecule has 0 heterocycles. The summed E-state index contributed by atoms with van der Waals surface area (Å²) in [6, 6.07) is -0.636. The SMILES string of the molecule is CCCCCC/C=C\C/C=C\CCCCCCCC(=O)OCCCCCCCCCCCCCCCC(=O)NC(CO)C(O)/C=C/CCCCCCCCCC. The highest BCUT2D eigenvalue weighted by Gasteiger charge is 2.18. The van der Waals surface area contributed by atoms with Crippen molar-refractivity contribution in [2.24, 2.45) is 0 Å². The van der Waals surface area contributed by atoms with Crippen LogP contribution >= 0.6 is 0 Å². The van der Waals surface area contributed by atoms with Crippen LogP contribution in [0.5, 0.6) is 0 Å². The predicted octanol–water partition coefficient (Wildman–Crippen LogP) is 14.1. The van der Waals surface area contributed by atoms with E-state index in [1.807, 2.05) is 6.08 Å². The minimum Gasteiger partial charge on any atom is -0.466 e. The van der Waals surface area contributed by atoms with Gasteiger partial charge < -0.3 is 20.3 Å². The Kier molecular flexibility index (Phi) is 44.2. The topological polar surface area (TPSA) is 95.9 Å². The lowest BCUT2D eigenvalue weighted by Gasteiger charge is -2.20. The summed E-state index contributed by atoms with van der Waals surface area (Å²) in [5.41, 5.74) is 0. The van der Waals surface area contributed by atoms with E-state index in [0.29, 0.717) is 19.4 Å². The number of hydrogen-bond donors (Lipinski definition) is 3. The van der Waals surface area contributed by atoms with Crippen molar-refractivity contribution in [2.45, 2.75) is 257 Å². The van der Waals surface area contributed by atoms with E-state index in [0.717, 1.165) is 64.2 Å². The van der Waals surface area contributed by atoms with Crippen LogP contribution in [0.4, 0.5) is 0 Å². The van der Waals surface area contributed by atoms with Crippen molar-refractivity contribution < 1.29 is 24.5 Å². The Morgan fingerprint density at radius 2 is 0.893 bits per heavy atom. The number of rotatable bonds is 44. The van der Waals surface area contributed by atoms with Gasteiger partial charge in [0.1, 0.15) is 0 Å². The van der Waals surface area contributed by atoms with Crippen molar-refractivity contribution in [3.8, 4) is 0 Å². The molecule has 0 aliphatic carbocycles. The Bertz CT molecular complexity index is 915. The van der Waals surface area contributed by atoms with Crippen LogP contribution in [0.3, 0.4) is 0 Å². The van der Waals surface area contributed by atoms with Crippen LogP contribution in [-0.2, 0) is 14.3 Å². The van der Waals surface area contributed by atoms with Gasteiger partial charge in [-0.2, -0.15) is 0 Å². The molecule has 0 saturated heterocycles. The Hall–Kier alpha value is -1.92. The van der Waals surface area contributed by atoms with E-state index in [2.05, 4.69) is 43.5 Å². The van der Waals surface area contributed by atoms with E-state index < -0.39 is 12.1 Å². The molecule has 0 fully saturated rings. The lowest BCUT2D eigenvalue weighted by Crippen LogP contribution is -2.45. The summed E-state index contributed by atoms with van der Waals surface area (Å²) in [5.74, 6) is -0.106. The van der Waals surface area contributed by atoms with Crippen LogP contribution in [0.1, 0.15) is 245 Å². The zero-order chi connectivity index (χ0) is 40.8. The molecule has 6 heteroatoms. The molecule has 328 valence electrons. The monoisotopic (exact) mass is 788 g/mol. The summed E-state index contributed by atoms with van der Waals surface area (Å²) >= 11 is 0. The van der Waals surface area contributed by atoms with Crippen LogP contribution in [0, 0.1) is 0 Å². The van der Waals surface area contributed by atoms with Crippen molar-refractivity contribution in [1.82, 2.24) is 5.32 Å². The van der Waals surface area contributed by atoms with Gasteiger partial charge in [-0.05, 0) is 64.2 Å². The van der Waals surface area contributed by atoms with Gasteiger partial charge in [0.15, 0.2) is 0 Å². The molecule has 2 atom stereocenters. The minimum atomic E-state index is -0.851. The highest BCUT2D eigenvalue weighted by molar-refractivity contribution is 5.76. The molecule has 0 radical (unpaired) electrons. The molecule has 3 N–H and O–H groups in total. The van der Waals surface area contributed by atoms with Crippen molar-refractivity contribution in [3.05, 3.63) is 36.5 Å². The molecular weight excluding hydrogens is 695 g/mol. The third-order valence-electron chi connectivity index (χ3n) is 10.9. The van der Waals surface area contributed by atoms with Gasteiger partial charge in [-0.1, -0.05) is 204 Å². The summed E-state index contributed by atoms with van der Waals surface area (Å²) in [5, 5.41) is 22.9.